The summed E-state index contributed by atoms with van der Waals surface area (Å²) in [5.74, 6) is -0.898. The van der Waals surface area contributed by atoms with E-state index < -0.39 is 17.9 Å². The SMILES string of the molecule is CC(Cc1cc2ccc(Br)cc2nc1Cl)ON1C(=O)c2ccccc2C1=O. The molecule has 0 saturated carbocycles. The molecule has 2 amide bonds. The van der Waals surface area contributed by atoms with Crippen molar-refractivity contribution in [3.8, 4) is 0 Å². The van der Waals surface area contributed by atoms with Crippen LogP contribution in [0.15, 0.2) is 53.0 Å². The van der Waals surface area contributed by atoms with Gasteiger partial charge in [0.05, 0.1) is 22.7 Å². The minimum absolute atomic E-state index is 0.352. The number of fused-ring (bicyclic) bond motifs is 2. The third-order valence-corrected chi connectivity index (χ3v) is 5.18. The predicted octanol–water partition coefficient (Wildman–Crippen LogP) is 4.81. The van der Waals surface area contributed by atoms with E-state index >= 15 is 0 Å². The van der Waals surface area contributed by atoms with Crippen molar-refractivity contribution in [2.45, 2.75) is 19.4 Å². The molecule has 0 fully saturated rings. The predicted molar refractivity (Wildman–Crippen MR) is 106 cm³/mol. The molecule has 2 aromatic carbocycles. The molecule has 0 radical (unpaired) electrons. The number of benzene rings is 2. The molecule has 2 heterocycles. The molecule has 7 heteroatoms. The number of imide groups is 1. The van der Waals surface area contributed by atoms with Crippen molar-refractivity contribution in [3.05, 3.63) is 74.8 Å². The normalized spacial score (nSPS) is 14.7. The summed E-state index contributed by atoms with van der Waals surface area (Å²) in [6.07, 6.45) is -0.0370. The number of hydroxylamine groups is 2. The Bertz CT molecular complexity index is 1050. The van der Waals surface area contributed by atoms with Crippen LogP contribution in [-0.4, -0.2) is 28.0 Å². The van der Waals surface area contributed by atoms with Gasteiger partial charge < -0.3 is 0 Å². The molecule has 1 aliphatic heterocycles. The van der Waals surface area contributed by atoms with Crippen LogP contribution in [0.3, 0.4) is 0 Å². The van der Waals surface area contributed by atoms with Gasteiger partial charge in [0.15, 0.2) is 0 Å². The summed E-state index contributed by atoms with van der Waals surface area (Å²) in [4.78, 5) is 34.9. The lowest BCUT2D eigenvalue weighted by molar-refractivity contribution is -0.125. The molecule has 5 nitrogen and oxygen atoms in total. The number of carbonyl (C=O) groups is 2. The van der Waals surface area contributed by atoms with E-state index in [0.717, 1.165) is 26.0 Å². The standard InChI is InChI=1S/C20H14BrClN2O3/c1-11(27-24-19(25)15-4-2-3-5-16(15)20(24)26)8-13-9-12-6-7-14(21)10-17(12)23-18(13)22/h2-7,9-11H,8H2,1H3. The Hall–Kier alpha value is -2.28. The summed E-state index contributed by atoms with van der Waals surface area (Å²) < 4.78 is 0.925. The Balaban J connectivity index is 1.53. The van der Waals surface area contributed by atoms with Crippen LogP contribution < -0.4 is 0 Å². The van der Waals surface area contributed by atoms with Gasteiger partial charge in [-0.05, 0) is 42.8 Å². The highest BCUT2D eigenvalue weighted by Crippen LogP contribution is 2.27. The molecule has 1 aliphatic rings. The summed E-state index contributed by atoms with van der Waals surface area (Å²) in [6, 6.07) is 14.4. The fraction of sp³-hybridized carbons (Fsp3) is 0.150. The van der Waals surface area contributed by atoms with Crippen molar-refractivity contribution >= 4 is 50.2 Å². The largest absolute Gasteiger partial charge is 0.285 e. The molecular weight excluding hydrogens is 432 g/mol. The maximum absolute atomic E-state index is 12.4. The Labute approximate surface area is 169 Å². The van der Waals surface area contributed by atoms with Crippen molar-refractivity contribution in [3.63, 3.8) is 0 Å². The van der Waals surface area contributed by atoms with Crippen LogP contribution in [0, 0.1) is 0 Å². The quantitative estimate of drug-likeness (QED) is 0.427. The lowest BCUT2D eigenvalue weighted by Gasteiger charge is -2.19. The smallest absolute Gasteiger partial charge is 0.266 e. The third kappa shape index (κ3) is 3.36. The molecule has 0 bridgehead atoms. The van der Waals surface area contributed by atoms with Crippen molar-refractivity contribution in [2.24, 2.45) is 0 Å². The van der Waals surface area contributed by atoms with Gasteiger partial charge in [0.25, 0.3) is 11.8 Å². The molecular formula is C20H14BrClN2O3. The van der Waals surface area contributed by atoms with Gasteiger partial charge in [-0.25, -0.2) is 4.98 Å². The van der Waals surface area contributed by atoms with Crippen molar-refractivity contribution in [1.29, 1.82) is 0 Å². The van der Waals surface area contributed by atoms with Gasteiger partial charge in [-0.2, -0.15) is 0 Å². The molecule has 0 saturated heterocycles. The Morgan fingerprint density at radius 1 is 1.11 bits per heavy atom. The van der Waals surface area contributed by atoms with Crippen LogP contribution in [0.25, 0.3) is 10.9 Å². The zero-order valence-corrected chi connectivity index (χ0v) is 16.6. The van der Waals surface area contributed by atoms with Crippen LogP contribution in [0.1, 0.15) is 33.2 Å². The number of aromatic nitrogens is 1. The number of pyridine rings is 1. The first-order chi connectivity index (χ1) is 12.9. The van der Waals surface area contributed by atoms with Crippen LogP contribution in [0.5, 0.6) is 0 Å². The second-order valence-corrected chi connectivity index (χ2v) is 7.62. The van der Waals surface area contributed by atoms with Crippen LogP contribution in [-0.2, 0) is 11.3 Å². The van der Waals surface area contributed by atoms with Gasteiger partial charge >= 0.3 is 0 Å². The van der Waals surface area contributed by atoms with Crippen LogP contribution >= 0.6 is 27.5 Å². The number of halogens is 2. The van der Waals surface area contributed by atoms with E-state index in [1.54, 1.807) is 31.2 Å². The number of hydrogen-bond acceptors (Lipinski definition) is 4. The lowest BCUT2D eigenvalue weighted by Crippen LogP contribution is -2.34. The number of rotatable bonds is 4. The highest BCUT2D eigenvalue weighted by atomic mass is 79.9. The highest BCUT2D eigenvalue weighted by Gasteiger charge is 2.37. The number of hydrogen-bond donors (Lipinski definition) is 0. The second-order valence-electron chi connectivity index (χ2n) is 6.35. The first-order valence-electron chi connectivity index (χ1n) is 8.33. The summed E-state index contributed by atoms with van der Waals surface area (Å²) in [5.41, 5.74) is 2.28. The number of nitrogens with zero attached hydrogens (tertiary/aromatic N) is 2. The average Bonchev–Trinajstić information content (AvgIpc) is 2.88. The number of carbonyl (C=O) groups excluding carboxylic acids is 2. The zero-order chi connectivity index (χ0) is 19.1. The lowest BCUT2D eigenvalue weighted by atomic mass is 10.1. The molecule has 1 aromatic heterocycles. The molecule has 1 atom stereocenters. The maximum Gasteiger partial charge on any atom is 0.285 e. The van der Waals surface area contributed by atoms with Gasteiger partial charge in [-0.1, -0.05) is 45.7 Å². The summed E-state index contributed by atoms with van der Waals surface area (Å²) in [6.45, 7) is 1.78. The molecule has 0 aliphatic carbocycles. The topological polar surface area (TPSA) is 59.5 Å². The van der Waals surface area contributed by atoms with Crippen molar-refractivity contribution in [1.82, 2.24) is 10.0 Å². The van der Waals surface area contributed by atoms with Gasteiger partial charge in [0.1, 0.15) is 5.15 Å². The van der Waals surface area contributed by atoms with Crippen molar-refractivity contribution in [2.75, 3.05) is 0 Å². The van der Waals surface area contributed by atoms with E-state index in [1.807, 2.05) is 24.3 Å². The minimum Gasteiger partial charge on any atom is -0.266 e. The van der Waals surface area contributed by atoms with Crippen LogP contribution in [0.2, 0.25) is 5.15 Å². The summed E-state index contributed by atoms with van der Waals surface area (Å²) in [5, 5.41) is 2.15. The Morgan fingerprint density at radius 3 is 2.44 bits per heavy atom. The fourth-order valence-corrected chi connectivity index (χ4v) is 3.67. The maximum atomic E-state index is 12.4. The summed E-state index contributed by atoms with van der Waals surface area (Å²) >= 11 is 9.73. The molecule has 1 unspecified atom stereocenters. The van der Waals surface area contributed by atoms with E-state index in [0.29, 0.717) is 22.7 Å². The van der Waals surface area contributed by atoms with Gasteiger partial charge in [-0.3, -0.25) is 14.4 Å². The Kier molecular flexibility index (Phi) is 4.72. The zero-order valence-electron chi connectivity index (χ0n) is 14.3. The molecule has 3 aromatic rings. The van der Waals surface area contributed by atoms with Crippen molar-refractivity contribution < 1.29 is 14.4 Å². The van der Waals surface area contributed by atoms with Gasteiger partial charge in [0.2, 0.25) is 0 Å². The molecule has 136 valence electrons. The monoisotopic (exact) mass is 444 g/mol. The molecule has 4 rings (SSSR count). The Morgan fingerprint density at radius 2 is 1.78 bits per heavy atom. The van der Waals surface area contributed by atoms with E-state index in [2.05, 4.69) is 20.9 Å². The first-order valence-corrected chi connectivity index (χ1v) is 9.50. The average molecular weight is 446 g/mol. The third-order valence-electron chi connectivity index (χ3n) is 4.36. The van der Waals surface area contributed by atoms with E-state index in [4.69, 9.17) is 16.4 Å². The van der Waals surface area contributed by atoms with Crippen LogP contribution in [0.4, 0.5) is 0 Å². The second kappa shape index (κ2) is 7.03. The molecule has 0 spiro atoms. The summed E-state index contributed by atoms with van der Waals surface area (Å²) in [7, 11) is 0. The number of amides is 2. The fourth-order valence-electron chi connectivity index (χ4n) is 3.09. The molecule has 27 heavy (non-hydrogen) atoms. The highest BCUT2D eigenvalue weighted by molar-refractivity contribution is 9.10. The van der Waals surface area contributed by atoms with Gasteiger partial charge in [0, 0.05) is 16.3 Å². The molecule has 0 N–H and O–H groups in total. The first kappa shape index (κ1) is 18.1. The minimum atomic E-state index is -0.449. The van der Waals surface area contributed by atoms with Gasteiger partial charge in [-0.15, -0.1) is 5.06 Å². The van der Waals surface area contributed by atoms with E-state index in [9.17, 15) is 9.59 Å². The van der Waals surface area contributed by atoms with E-state index in [1.165, 1.54) is 0 Å². The van der Waals surface area contributed by atoms with E-state index in [-0.39, 0.29) is 0 Å².